The topological polar surface area (TPSA) is 78.1 Å². The Morgan fingerprint density at radius 1 is 1.00 bits per heavy atom. The molecule has 0 spiro atoms. The summed E-state index contributed by atoms with van der Waals surface area (Å²) in [5.74, 6) is 0. The van der Waals surface area contributed by atoms with Crippen molar-refractivity contribution in [3.05, 3.63) is 6.92 Å². The Balaban J connectivity index is 0. The zero-order valence-electron chi connectivity index (χ0n) is 4.56. The third-order valence-corrected chi connectivity index (χ3v) is 0.167. The van der Waals surface area contributed by atoms with E-state index in [-0.39, 0.29) is 0 Å². The Labute approximate surface area is 44.9 Å². The molecule has 0 aromatic heterocycles. The van der Waals surface area contributed by atoms with Gasteiger partial charge in [-0.05, 0) is 13.5 Å². The molecule has 3 nitrogen and oxygen atoms in total. The summed E-state index contributed by atoms with van der Waals surface area (Å²) in [6, 6.07) is 0. The number of hydrogen-bond acceptors (Lipinski definition) is 3. The minimum absolute atomic E-state index is 0.500. The van der Waals surface area contributed by atoms with Gasteiger partial charge in [-0.25, -0.2) is 0 Å². The summed E-state index contributed by atoms with van der Waals surface area (Å²) in [7, 11) is 0. The highest BCUT2D eigenvalue weighted by Gasteiger charge is 1.54. The predicted octanol–water partition coefficient (Wildman–Crippen LogP) is -1.32. The van der Waals surface area contributed by atoms with Crippen LogP contribution in [0.15, 0.2) is 0 Å². The fourth-order valence-corrected chi connectivity index (χ4v) is 0. The van der Waals surface area contributed by atoms with Crippen molar-refractivity contribution >= 4 is 0 Å². The summed E-state index contributed by atoms with van der Waals surface area (Å²) in [5, 5.41) is 0. The molecule has 0 saturated heterocycles. The lowest BCUT2D eigenvalue weighted by Gasteiger charge is -1.72. The van der Waals surface area contributed by atoms with Gasteiger partial charge in [0.1, 0.15) is 0 Å². The molecule has 3 heteroatoms. The van der Waals surface area contributed by atoms with Crippen molar-refractivity contribution in [2.24, 2.45) is 17.2 Å². The molecule has 7 heavy (non-hydrogen) atoms. The number of nitrogens with two attached hydrogens (primary N) is 3. The molecule has 0 aliphatic rings. The van der Waals surface area contributed by atoms with Gasteiger partial charge in [0.05, 0.1) is 0 Å². The van der Waals surface area contributed by atoms with Gasteiger partial charge in [-0.1, -0.05) is 0 Å². The molecule has 0 aliphatic heterocycles. The van der Waals surface area contributed by atoms with Gasteiger partial charge in [0.25, 0.3) is 0 Å². The largest absolute Gasteiger partial charge is 0.330 e. The smallest absolute Gasteiger partial charge is 0.00461 e. The summed E-state index contributed by atoms with van der Waals surface area (Å²) in [6.45, 7) is 4.96. The van der Waals surface area contributed by atoms with E-state index < -0.39 is 0 Å². The molecule has 0 unspecified atom stereocenters. The average molecular weight is 104 g/mol. The normalized spacial score (nSPS) is 6.86. The summed E-state index contributed by atoms with van der Waals surface area (Å²) in [6.07, 6.45) is 0. The van der Waals surface area contributed by atoms with Crippen LogP contribution in [0.2, 0.25) is 0 Å². The van der Waals surface area contributed by atoms with Crippen LogP contribution in [0.5, 0.6) is 0 Å². The summed E-state index contributed by atoms with van der Waals surface area (Å²) in [4.78, 5) is 0. The highest BCUT2D eigenvalue weighted by atomic mass is 14.6. The first-order valence-corrected chi connectivity index (χ1v) is 2.22. The Bertz CT molecular complexity index is 14.4. The molecule has 0 aromatic carbocycles. The third-order valence-electron chi connectivity index (χ3n) is 0.167. The average Bonchev–Trinajstić information content (AvgIpc) is 1.69. The van der Waals surface area contributed by atoms with Crippen LogP contribution in [0.4, 0.5) is 0 Å². The molecule has 0 fully saturated rings. The maximum atomic E-state index is 4.90. The Morgan fingerprint density at radius 2 is 1.14 bits per heavy atom. The lowest BCUT2D eigenvalue weighted by molar-refractivity contribution is 0.976. The molecule has 0 amide bonds. The van der Waals surface area contributed by atoms with Gasteiger partial charge >= 0.3 is 0 Å². The van der Waals surface area contributed by atoms with Crippen LogP contribution in [0.1, 0.15) is 0 Å². The Morgan fingerprint density at radius 3 is 1.14 bits per heavy atom. The molecule has 0 saturated carbocycles. The second kappa shape index (κ2) is 16.9. The summed E-state index contributed by atoms with van der Waals surface area (Å²) >= 11 is 0. The molecule has 1 radical (unpaired) electrons. The highest BCUT2D eigenvalue weighted by Crippen LogP contribution is 1.24. The minimum Gasteiger partial charge on any atom is -0.330 e. The quantitative estimate of drug-likeness (QED) is 0.386. The SMILES string of the molecule is NCCN.[CH2]CN. The van der Waals surface area contributed by atoms with Gasteiger partial charge in [-0.3, -0.25) is 0 Å². The van der Waals surface area contributed by atoms with E-state index in [2.05, 4.69) is 6.92 Å². The third kappa shape index (κ3) is 114. The lowest BCUT2D eigenvalue weighted by atomic mass is 10.7. The van der Waals surface area contributed by atoms with E-state index in [0.29, 0.717) is 19.6 Å². The molecular formula is C4H14N3. The molecule has 0 rings (SSSR count). The van der Waals surface area contributed by atoms with Gasteiger partial charge in [0.15, 0.2) is 0 Å². The molecule has 6 N–H and O–H groups in total. The van der Waals surface area contributed by atoms with Gasteiger partial charge in [0.2, 0.25) is 0 Å². The maximum absolute atomic E-state index is 4.90. The van der Waals surface area contributed by atoms with Crippen molar-refractivity contribution in [1.82, 2.24) is 0 Å². The fourth-order valence-electron chi connectivity index (χ4n) is 0. The lowest BCUT2D eigenvalue weighted by Crippen LogP contribution is -2.11. The highest BCUT2D eigenvalue weighted by molar-refractivity contribution is 4.26. The van der Waals surface area contributed by atoms with Crippen LogP contribution in [-0.4, -0.2) is 19.6 Å². The zero-order valence-corrected chi connectivity index (χ0v) is 4.56. The van der Waals surface area contributed by atoms with Crippen LogP contribution < -0.4 is 17.2 Å². The number of rotatable bonds is 1. The molecular weight excluding hydrogens is 90.1 g/mol. The van der Waals surface area contributed by atoms with Crippen molar-refractivity contribution in [3.63, 3.8) is 0 Å². The van der Waals surface area contributed by atoms with E-state index in [1.807, 2.05) is 0 Å². The predicted molar refractivity (Wildman–Crippen MR) is 32.5 cm³/mol. The van der Waals surface area contributed by atoms with Crippen LogP contribution in [0, 0.1) is 6.92 Å². The molecule has 0 heterocycles. The maximum Gasteiger partial charge on any atom is 0.00461 e. The molecule has 0 aromatic rings. The van der Waals surface area contributed by atoms with Crippen LogP contribution >= 0.6 is 0 Å². The molecule has 45 valence electrons. The standard InChI is InChI=1S/C2H8N2.C2H6N/c3-1-2-4;1-2-3/h1-4H2;1-3H2. The van der Waals surface area contributed by atoms with Gasteiger partial charge in [-0.2, -0.15) is 0 Å². The monoisotopic (exact) mass is 104 g/mol. The second-order valence-electron chi connectivity index (χ2n) is 0.866. The van der Waals surface area contributed by atoms with E-state index in [9.17, 15) is 0 Å². The Hall–Kier alpha value is -0.120. The van der Waals surface area contributed by atoms with Gasteiger partial charge < -0.3 is 17.2 Å². The van der Waals surface area contributed by atoms with E-state index in [1.54, 1.807) is 0 Å². The van der Waals surface area contributed by atoms with Crippen molar-refractivity contribution in [2.75, 3.05) is 19.6 Å². The fraction of sp³-hybridized carbons (Fsp3) is 0.750. The molecule has 0 bridgehead atoms. The van der Waals surface area contributed by atoms with Gasteiger partial charge in [-0.15, -0.1) is 0 Å². The first kappa shape index (κ1) is 9.99. The van der Waals surface area contributed by atoms with E-state index in [1.165, 1.54) is 0 Å². The summed E-state index contributed by atoms with van der Waals surface area (Å²) < 4.78 is 0. The van der Waals surface area contributed by atoms with Crippen molar-refractivity contribution in [3.8, 4) is 0 Å². The van der Waals surface area contributed by atoms with E-state index in [4.69, 9.17) is 17.2 Å². The van der Waals surface area contributed by atoms with Crippen LogP contribution in [-0.2, 0) is 0 Å². The van der Waals surface area contributed by atoms with Gasteiger partial charge in [0, 0.05) is 13.1 Å². The Kier molecular flexibility index (Phi) is 24.1. The van der Waals surface area contributed by atoms with E-state index in [0.717, 1.165) is 0 Å². The van der Waals surface area contributed by atoms with Crippen molar-refractivity contribution in [2.45, 2.75) is 0 Å². The first-order chi connectivity index (χ1) is 3.33. The summed E-state index contributed by atoms with van der Waals surface area (Å²) in [5.41, 5.74) is 14.5. The van der Waals surface area contributed by atoms with Crippen molar-refractivity contribution < 1.29 is 0 Å². The van der Waals surface area contributed by atoms with E-state index >= 15 is 0 Å². The van der Waals surface area contributed by atoms with Crippen LogP contribution in [0.3, 0.4) is 0 Å². The first-order valence-electron chi connectivity index (χ1n) is 2.22. The van der Waals surface area contributed by atoms with Crippen LogP contribution in [0.25, 0.3) is 0 Å². The zero-order chi connectivity index (χ0) is 6.12. The minimum atomic E-state index is 0.500. The van der Waals surface area contributed by atoms with Crippen molar-refractivity contribution in [1.29, 1.82) is 0 Å². The second-order valence-corrected chi connectivity index (χ2v) is 0.866. The number of hydrogen-bond donors (Lipinski definition) is 3. The molecule has 0 atom stereocenters. The molecule has 0 aliphatic carbocycles.